The van der Waals surface area contributed by atoms with Gasteiger partial charge in [-0.15, -0.1) is 0 Å². The highest BCUT2D eigenvalue weighted by Gasteiger charge is 2.07. The molecule has 0 saturated carbocycles. The maximum atomic E-state index is 5.84. The van der Waals surface area contributed by atoms with Gasteiger partial charge >= 0.3 is 0 Å². The van der Waals surface area contributed by atoms with Gasteiger partial charge in [0.25, 0.3) is 0 Å². The van der Waals surface area contributed by atoms with Gasteiger partial charge in [-0.1, -0.05) is 17.7 Å². The number of hydrogen-bond donors (Lipinski definition) is 1. The molecule has 1 rings (SSSR count). The van der Waals surface area contributed by atoms with Crippen LogP contribution < -0.4 is 10.5 Å². The lowest BCUT2D eigenvalue weighted by Gasteiger charge is -2.14. The normalized spacial score (nSPS) is 12.1. The first-order valence-electron chi connectivity index (χ1n) is 6.52. The van der Waals surface area contributed by atoms with Crippen molar-refractivity contribution in [3.8, 4) is 5.75 Å². The smallest absolute Gasteiger partial charge is 0.125 e. The summed E-state index contributed by atoms with van der Waals surface area (Å²) in [5.74, 6) is 1.00. The number of ether oxygens (including phenoxy) is 1. The molecule has 0 aliphatic carbocycles. The van der Waals surface area contributed by atoms with Crippen LogP contribution in [-0.2, 0) is 6.42 Å². The monoisotopic (exact) mass is 247 g/mol. The molecule has 1 unspecified atom stereocenters. The number of nitrogens with two attached hydrogens (primary N) is 1. The Morgan fingerprint density at radius 2 is 1.83 bits per heavy atom. The zero-order valence-electron chi connectivity index (χ0n) is 12.2. The van der Waals surface area contributed by atoms with Crippen molar-refractivity contribution >= 4 is 0 Å². The lowest BCUT2D eigenvalue weighted by Crippen LogP contribution is -2.18. The van der Waals surface area contributed by atoms with Gasteiger partial charge in [0.05, 0.1) is 0 Å². The van der Waals surface area contributed by atoms with Gasteiger partial charge in [-0.2, -0.15) is 0 Å². The first-order valence-corrected chi connectivity index (χ1v) is 6.52. The predicted molar refractivity (Wildman–Crippen MR) is 78.2 cm³/mol. The van der Waals surface area contributed by atoms with E-state index in [0.717, 1.165) is 12.2 Å². The molecule has 0 spiro atoms. The highest BCUT2D eigenvalue weighted by Crippen LogP contribution is 2.25. The van der Waals surface area contributed by atoms with Crippen molar-refractivity contribution in [3.05, 3.63) is 40.5 Å². The third-order valence-electron chi connectivity index (χ3n) is 2.80. The average Bonchev–Trinajstić information content (AvgIpc) is 2.20. The van der Waals surface area contributed by atoms with Crippen LogP contribution in [0, 0.1) is 13.8 Å². The number of rotatable bonds is 5. The van der Waals surface area contributed by atoms with Gasteiger partial charge in [-0.3, -0.25) is 0 Å². The second kappa shape index (κ2) is 6.60. The molecule has 0 fully saturated rings. The molecule has 18 heavy (non-hydrogen) atoms. The molecule has 2 N–H and O–H groups in total. The van der Waals surface area contributed by atoms with Crippen LogP contribution in [0.1, 0.15) is 37.5 Å². The van der Waals surface area contributed by atoms with E-state index in [9.17, 15) is 0 Å². The van der Waals surface area contributed by atoms with Gasteiger partial charge in [0.2, 0.25) is 0 Å². The van der Waals surface area contributed by atoms with Crippen LogP contribution in [0.2, 0.25) is 0 Å². The van der Waals surface area contributed by atoms with E-state index in [1.807, 2.05) is 6.92 Å². The fourth-order valence-corrected chi connectivity index (χ4v) is 2.05. The Kier molecular flexibility index (Phi) is 5.42. The molecule has 0 heterocycles. The van der Waals surface area contributed by atoms with Crippen LogP contribution in [0.25, 0.3) is 0 Å². The van der Waals surface area contributed by atoms with E-state index in [2.05, 4.69) is 45.9 Å². The van der Waals surface area contributed by atoms with Crippen LogP contribution in [0.3, 0.4) is 0 Å². The van der Waals surface area contributed by atoms with Crippen molar-refractivity contribution in [2.45, 2.75) is 47.1 Å². The van der Waals surface area contributed by atoms with Gasteiger partial charge in [0, 0.05) is 6.04 Å². The van der Waals surface area contributed by atoms with Crippen LogP contribution in [0.15, 0.2) is 23.8 Å². The lowest BCUT2D eigenvalue weighted by atomic mass is 10.0. The minimum Gasteiger partial charge on any atom is -0.489 e. The molecule has 0 aromatic heterocycles. The molecule has 100 valence electrons. The molecule has 1 aromatic carbocycles. The molecular weight excluding hydrogens is 222 g/mol. The summed E-state index contributed by atoms with van der Waals surface area (Å²) in [6.07, 6.45) is 3.00. The van der Waals surface area contributed by atoms with E-state index in [1.165, 1.54) is 22.3 Å². The summed E-state index contributed by atoms with van der Waals surface area (Å²) in [6, 6.07) is 4.55. The van der Waals surface area contributed by atoms with Gasteiger partial charge in [-0.05, 0) is 63.8 Å². The Morgan fingerprint density at radius 1 is 1.28 bits per heavy atom. The van der Waals surface area contributed by atoms with E-state index in [1.54, 1.807) is 0 Å². The Bertz CT molecular complexity index is 406. The summed E-state index contributed by atoms with van der Waals surface area (Å²) in [6.45, 7) is 11.0. The fourth-order valence-electron chi connectivity index (χ4n) is 2.05. The topological polar surface area (TPSA) is 35.2 Å². The maximum absolute atomic E-state index is 5.84. The standard InChI is InChI=1S/C16H25NO/c1-11(2)6-7-18-16-12(3)8-15(9-13(16)4)10-14(5)17/h6,8-9,14H,7,10,17H2,1-5H3. The van der Waals surface area contributed by atoms with Crippen molar-refractivity contribution in [2.24, 2.45) is 5.73 Å². The molecular formula is C16H25NO. The molecule has 2 nitrogen and oxygen atoms in total. The number of aryl methyl sites for hydroxylation is 2. The van der Waals surface area contributed by atoms with Crippen molar-refractivity contribution in [2.75, 3.05) is 6.61 Å². The second-order valence-electron chi connectivity index (χ2n) is 5.33. The minimum atomic E-state index is 0.196. The zero-order valence-corrected chi connectivity index (χ0v) is 12.2. The zero-order chi connectivity index (χ0) is 13.7. The SMILES string of the molecule is CC(C)=CCOc1c(C)cc(CC(C)N)cc1C. The quantitative estimate of drug-likeness (QED) is 0.808. The largest absolute Gasteiger partial charge is 0.489 e. The second-order valence-corrected chi connectivity index (χ2v) is 5.33. The third-order valence-corrected chi connectivity index (χ3v) is 2.80. The molecule has 0 saturated heterocycles. The Morgan fingerprint density at radius 3 is 2.28 bits per heavy atom. The minimum absolute atomic E-state index is 0.196. The number of benzene rings is 1. The van der Waals surface area contributed by atoms with Gasteiger partial charge in [0.1, 0.15) is 12.4 Å². The van der Waals surface area contributed by atoms with Crippen molar-refractivity contribution in [3.63, 3.8) is 0 Å². The van der Waals surface area contributed by atoms with E-state index in [0.29, 0.717) is 6.61 Å². The summed E-state index contributed by atoms with van der Waals surface area (Å²) in [4.78, 5) is 0. The van der Waals surface area contributed by atoms with Crippen LogP contribution in [0.4, 0.5) is 0 Å². The fraction of sp³-hybridized carbons (Fsp3) is 0.500. The first kappa shape index (κ1) is 14.8. The van der Waals surface area contributed by atoms with Crippen molar-refractivity contribution < 1.29 is 4.74 Å². The molecule has 0 radical (unpaired) electrons. The highest BCUT2D eigenvalue weighted by atomic mass is 16.5. The average molecular weight is 247 g/mol. The van der Waals surface area contributed by atoms with E-state index < -0.39 is 0 Å². The van der Waals surface area contributed by atoms with Crippen LogP contribution in [0.5, 0.6) is 5.75 Å². The molecule has 0 aliphatic heterocycles. The summed E-state index contributed by atoms with van der Waals surface area (Å²) in [7, 11) is 0. The Labute approximate surface area is 111 Å². The molecule has 1 atom stereocenters. The summed E-state index contributed by atoms with van der Waals surface area (Å²) >= 11 is 0. The van der Waals surface area contributed by atoms with E-state index in [4.69, 9.17) is 10.5 Å². The predicted octanol–water partition coefficient (Wildman–Crippen LogP) is 3.54. The van der Waals surface area contributed by atoms with Gasteiger partial charge < -0.3 is 10.5 Å². The molecule has 0 bridgehead atoms. The van der Waals surface area contributed by atoms with Crippen LogP contribution in [-0.4, -0.2) is 12.6 Å². The Hall–Kier alpha value is -1.28. The van der Waals surface area contributed by atoms with E-state index in [-0.39, 0.29) is 6.04 Å². The summed E-state index contributed by atoms with van der Waals surface area (Å²) in [5, 5.41) is 0. The molecule has 2 heteroatoms. The van der Waals surface area contributed by atoms with Crippen molar-refractivity contribution in [1.29, 1.82) is 0 Å². The molecule has 0 amide bonds. The number of hydrogen-bond acceptors (Lipinski definition) is 2. The third kappa shape index (κ3) is 4.53. The van der Waals surface area contributed by atoms with Gasteiger partial charge in [0.15, 0.2) is 0 Å². The highest BCUT2D eigenvalue weighted by molar-refractivity contribution is 5.43. The molecule has 1 aromatic rings. The first-order chi connectivity index (χ1) is 8.40. The number of allylic oxidation sites excluding steroid dienone is 1. The van der Waals surface area contributed by atoms with E-state index >= 15 is 0 Å². The maximum Gasteiger partial charge on any atom is 0.125 e. The van der Waals surface area contributed by atoms with Crippen LogP contribution >= 0.6 is 0 Å². The van der Waals surface area contributed by atoms with Gasteiger partial charge in [-0.25, -0.2) is 0 Å². The summed E-state index contributed by atoms with van der Waals surface area (Å²) in [5.41, 5.74) is 10.8. The summed E-state index contributed by atoms with van der Waals surface area (Å²) < 4.78 is 5.83. The lowest BCUT2D eigenvalue weighted by molar-refractivity contribution is 0.356. The molecule has 0 aliphatic rings. The Balaban J connectivity index is 2.84. The van der Waals surface area contributed by atoms with Crippen molar-refractivity contribution in [1.82, 2.24) is 0 Å².